The highest BCUT2D eigenvalue weighted by Crippen LogP contribution is 2.14. The fourth-order valence-electron chi connectivity index (χ4n) is 1.30. The molecule has 0 unspecified atom stereocenters. The fraction of sp³-hybridized carbons (Fsp3) is 0.364. The van der Waals surface area contributed by atoms with Crippen LogP contribution in [0.4, 0.5) is 13.2 Å². The van der Waals surface area contributed by atoms with Gasteiger partial charge in [0.15, 0.2) is 0 Å². The van der Waals surface area contributed by atoms with Gasteiger partial charge in [-0.05, 0) is 24.3 Å². The molecule has 0 saturated heterocycles. The van der Waals surface area contributed by atoms with E-state index < -0.39 is 35.4 Å². The maximum absolute atomic E-state index is 11.8. The predicted octanol–water partition coefficient (Wildman–Crippen LogP) is 1.24. The van der Waals surface area contributed by atoms with Crippen LogP contribution in [0, 0.1) is 0 Å². The van der Waals surface area contributed by atoms with Crippen molar-refractivity contribution in [1.29, 1.82) is 0 Å². The molecule has 1 rings (SSSR count). The van der Waals surface area contributed by atoms with E-state index in [1.165, 1.54) is 0 Å². The second kappa shape index (κ2) is 6.87. The molecule has 0 atom stereocenters. The van der Waals surface area contributed by atoms with Gasteiger partial charge in [-0.3, -0.25) is 0 Å². The zero-order valence-electron chi connectivity index (χ0n) is 10.6. The van der Waals surface area contributed by atoms with Crippen molar-refractivity contribution in [2.45, 2.75) is 11.1 Å². The van der Waals surface area contributed by atoms with E-state index >= 15 is 0 Å². The monoisotopic (exact) mass is 327 g/mol. The van der Waals surface area contributed by atoms with Crippen LogP contribution >= 0.6 is 0 Å². The van der Waals surface area contributed by atoms with E-state index in [-0.39, 0.29) is 17.0 Å². The Morgan fingerprint density at radius 3 is 2.29 bits per heavy atom. The van der Waals surface area contributed by atoms with Crippen molar-refractivity contribution >= 4 is 16.0 Å². The Morgan fingerprint density at radius 1 is 1.24 bits per heavy atom. The SMILES string of the molecule is O=C(O)c1ccc(S(=O)(=O)NCCOCC(F)(F)F)cc1. The minimum Gasteiger partial charge on any atom is -0.478 e. The van der Waals surface area contributed by atoms with Crippen LogP contribution in [0.15, 0.2) is 29.2 Å². The molecule has 118 valence electrons. The normalized spacial score (nSPS) is 12.3. The number of halogens is 3. The lowest BCUT2D eigenvalue weighted by Crippen LogP contribution is -2.29. The number of rotatable bonds is 7. The van der Waals surface area contributed by atoms with Gasteiger partial charge < -0.3 is 9.84 Å². The number of carboxylic acids is 1. The van der Waals surface area contributed by atoms with Crippen molar-refractivity contribution in [3.05, 3.63) is 29.8 Å². The van der Waals surface area contributed by atoms with Crippen molar-refractivity contribution in [3.63, 3.8) is 0 Å². The van der Waals surface area contributed by atoms with Gasteiger partial charge in [0.1, 0.15) is 6.61 Å². The third-order valence-corrected chi connectivity index (χ3v) is 3.69. The van der Waals surface area contributed by atoms with Crippen LogP contribution in [0.2, 0.25) is 0 Å². The molecular weight excluding hydrogens is 315 g/mol. The van der Waals surface area contributed by atoms with E-state index in [2.05, 4.69) is 4.74 Å². The van der Waals surface area contributed by atoms with Gasteiger partial charge in [-0.15, -0.1) is 0 Å². The Balaban J connectivity index is 2.52. The van der Waals surface area contributed by atoms with E-state index in [0.29, 0.717) is 0 Å². The standard InChI is InChI=1S/C11H12F3NO5S/c12-11(13,14)7-20-6-5-15-21(18,19)9-3-1-8(2-4-9)10(16)17/h1-4,15H,5-7H2,(H,16,17). The van der Waals surface area contributed by atoms with E-state index in [1.54, 1.807) is 0 Å². The average Bonchev–Trinajstić information content (AvgIpc) is 2.37. The molecule has 0 heterocycles. The molecule has 1 aromatic rings. The van der Waals surface area contributed by atoms with Gasteiger partial charge in [0.25, 0.3) is 0 Å². The number of nitrogens with one attached hydrogen (secondary N) is 1. The van der Waals surface area contributed by atoms with Crippen molar-refractivity contribution in [2.24, 2.45) is 0 Å². The molecule has 0 radical (unpaired) electrons. The number of carbonyl (C=O) groups is 1. The highest BCUT2D eigenvalue weighted by atomic mass is 32.2. The highest BCUT2D eigenvalue weighted by molar-refractivity contribution is 7.89. The number of benzene rings is 1. The zero-order chi connectivity index (χ0) is 16.1. The first-order chi connectivity index (χ1) is 9.62. The Kier molecular flexibility index (Phi) is 5.70. The summed E-state index contributed by atoms with van der Waals surface area (Å²) in [5.41, 5.74) is -0.0811. The number of alkyl halides is 3. The molecule has 6 nitrogen and oxygen atoms in total. The summed E-state index contributed by atoms with van der Waals surface area (Å²) in [6.45, 7) is -2.23. The van der Waals surface area contributed by atoms with Crippen molar-refractivity contribution in [2.75, 3.05) is 19.8 Å². The number of hydrogen-bond donors (Lipinski definition) is 2. The summed E-state index contributed by atoms with van der Waals surface area (Å²) in [6.07, 6.45) is -4.47. The molecule has 21 heavy (non-hydrogen) atoms. The quantitative estimate of drug-likeness (QED) is 0.735. The van der Waals surface area contributed by atoms with Gasteiger partial charge in [0.05, 0.1) is 17.1 Å². The first-order valence-electron chi connectivity index (χ1n) is 5.59. The van der Waals surface area contributed by atoms with Gasteiger partial charge >= 0.3 is 12.1 Å². The van der Waals surface area contributed by atoms with E-state index in [4.69, 9.17) is 5.11 Å². The minimum absolute atomic E-state index is 0.0811. The summed E-state index contributed by atoms with van der Waals surface area (Å²) < 4.78 is 65.1. The van der Waals surface area contributed by atoms with Crippen LogP contribution in [-0.4, -0.2) is 45.4 Å². The van der Waals surface area contributed by atoms with Crippen LogP contribution in [0.5, 0.6) is 0 Å². The lowest BCUT2D eigenvalue weighted by atomic mass is 10.2. The summed E-state index contributed by atoms with van der Waals surface area (Å²) in [7, 11) is -3.92. The lowest BCUT2D eigenvalue weighted by molar-refractivity contribution is -0.173. The Morgan fingerprint density at radius 2 is 1.81 bits per heavy atom. The maximum Gasteiger partial charge on any atom is 0.411 e. The number of carboxylic acid groups (broad SMARTS) is 1. The molecule has 0 saturated carbocycles. The first-order valence-corrected chi connectivity index (χ1v) is 7.08. The Labute approximate surface area is 118 Å². The smallest absolute Gasteiger partial charge is 0.411 e. The summed E-state index contributed by atoms with van der Waals surface area (Å²) in [6, 6.07) is 4.39. The van der Waals surface area contributed by atoms with Crippen molar-refractivity contribution in [3.8, 4) is 0 Å². The summed E-state index contributed by atoms with van der Waals surface area (Å²) in [4.78, 5) is 10.4. The zero-order valence-corrected chi connectivity index (χ0v) is 11.4. The number of hydrogen-bond acceptors (Lipinski definition) is 4. The summed E-state index contributed by atoms with van der Waals surface area (Å²) in [5.74, 6) is -1.20. The largest absolute Gasteiger partial charge is 0.478 e. The van der Waals surface area contributed by atoms with Gasteiger partial charge in [-0.2, -0.15) is 13.2 Å². The van der Waals surface area contributed by atoms with Gasteiger partial charge in [-0.1, -0.05) is 0 Å². The predicted molar refractivity (Wildman–Crippen MR) is 65.5 cm³/mol. The van der Waals surface area contributed by atoms with Crippen molar-refractivity contribution < 1.29 is 36.2 Å². The van der Waals surface area contributed by atoms with Crippen LogP contribution in [0.1, 0.15) is 10.4 Å². The second-order valence-corrected chi connectivity index (χ2v) is 5.66. The molecule has 0 aliphatic rings. The molecule has 0 amide bonds. The van der Waals surface area contributed by atoms with E-state index in [1.807, 2.05) is 4.72 Å². The number of aromatic carboxylic acids is 1. The number of ether oxygens (including phenoxy) is 1. The average molecular weight is 327 g/mol. The topological polar surface area (TPSA) is 92.7 Å². The molecular formula is C11H12F3NO5S. The van der Waals surface area contributed by atoms with E-state index in [9.17, 15) is 26.4 Å². The van der Waals surface area contributed by atoms with E-state index in [0.717, 1.165) is 24.3 Å². The van der Waals surface area contributed by atoms with Gasteiger partial charge in [-0.25, -0.2) is 17.9 Å². The molecule has 1 aromatic carbocycles. The Hall–Kier alpha value is -1.65. The highest BCUT2D eigenvalue weighted by Gasteiger charge is 2.27. The molecule has 0 bridgehead atoms. The van der Waals surface area contributed by atoms with Crippen LogP contribution in [0.3, 0.4) is 0 Å². The first kappa shape index (κ1) is 17.4. The molecule has 0 aliphatic heterocycles. The molecule has 0 aliphatic carbocycles. The summed E-state index contributed by atoms with van der Waals surface area (Å²) in [5, 5.41) is 8.67. The molecule has 2 N–H and O–H groups in total. The summed E-state index contributed by atoms with van der Waals surface area (Å²) >= 11 is 0. The fourth-order valence-corrected chi connectivity index (χ4v) is 2.31. The number of sulfonamides is 1. The van der Waals surface area contributed by atoms with Crippen molar-refractivity contribution in [1.82, 2.24) is 4.72 Å². The third kappa shape index (κ3) is 6.10. The van der Waals surface area contributed by atoms with Crippen LogP contribution < -0.4 is 4.72 Å². The van der Waals surface area contributed by atoms with Crippen LogP contribution in [-0.2, 0) is 14.8 Å². The Bertz CT molecular complexity index is 583. The molecule has 0 aromatic heterocycles. The third-order valence-electron chi connectivity index (χ3n) is 2.22. The molecule has 0 spiro atoms. The minimum atomic E-state index is -4.47. The molecule has 10 heteroatoms. The van der Waals surface area contributed by atoms with Crippen LogP contribution in [0.25, 0.3) is 0 Å². The maximum atomic E-state index is 11.8. The lowest BCUT2D eigenvalue weighted by Gasteiger charge is -2.09. The second-order valence-electron chi connectivity index (χ2n) is 3.90. The van der Waals surface area contributed by atoms with Gasteiger partial charge in [0, 0.05) is 6.54 Å². The molecule has 0 fully saturated rings. The van der Waals surface area contributed by atoms with Gasteiger partial charge in [0.2, 0.25) is 10.0 Å².